The van der Waals surface area contributed by atoms with Crippen molar-refractivity contribution in [3.63, 3.8) is 0 Å². The highest BCUT2D eigenvalue weighted by Gasteiger charge is 2.10. The van der Waals surface area contributed by atoms with Crippen LogP contribution < -0.4 is 0 Å². The van der Waals surface area contributed by atoms with Gasteiger partial charge in [-0.1, -0.05) is 26.7 Å². The van der Waals surface area contributed by atoms with Gasteiger partial charge in [0.25, 0.3) is 0 Å². The molecule has 0 bridgehead atoms. The van der Waals surface area contributed by atoms with Crippen LogP contribution in [0.1, 0.15) is 33.1 Å². The van der Waals surface area contributed by atoms with E-state index in [2.05, 4.69) is 32.1 Å². The molecule has 1 heterocycles. The molecule has 1 atom stereocenters. The van der Waals surface area contributed by atoms with Crippen molar-refractivity contribution >= 4 is 7.41 Å². The standard InChI is InChI=1S/C12H23BNO/c1-3-4-6-12(2)11-14-8-5-9-15-10-7-13-14/h5,9,12H,3-4,6-8,10-11H2,1-2H3/b9-5-/t12-/m1/s1. The number of unbranched alkanes of at least 4 members (excludes halogenated alkanes) is 1. The van der Waals surface area contributed by atoms with Crippen molar-refractivity contribution in [1.82, 2.24) is 4.81 Å². The Bertz CT molecular complexity index is 184. The van der Waals surface area contributed by atoms with Gasteiger partial charge in [-0.3, -0.25) is 0 Å². The molecule has 1 aliphatic heterocycles. The fourth-order valence-electron chi connectivity index (χ4n) is 1.89. The summed E-state index contributed by atoms with van der Waals surface area (Å²) in [5, 5.41) is 0. The number of nitrogens with zero attached hydrogens (tertiary/aromatic N) is 1. The maximum absolute atomic E-state index is 5.25. The van der Waals surface area contributed by atoms with Crippen LogP contribution >= 0.6 is 0 Å². The van der Waals surface area contributed by atoms with Crippen LogP contribution in [-0.4, -0.2) is 31.9 Å². The molecule has 0 spiro atoms. The Morgan fingerprint density at radius 3 is 3.20 bits per heavy atom. The zero-order valence-electron chi connectivity index (χ0n) is 10.1. The largest absolute Gasteiger partial charge is 0.502 e. The van der Waals surface area contributed by atoms with Crippen molar-refractivity contribution in [2.45, 2.75) is 39.4 Å². The predicted octanol–water partition coefficient (Wildman–Crippen LogP) is 2.70. The first kappa shape index (κ1) is 12.6. The molecule has 1 aliphatic rings. The third-order valence-corrected chi connectivity index (χ3v) is 2.75. The van der Waals surface area contributed by atoms with Gasteiger partial charge in [-0.05, 0) is 31.3 Å². The average Bonchev–Trinajstić information content (AvgIpc) is 2.19. The Labute approximate surface area is 94.9 Å². The molecule has 85 valence electrons. The Morgan fingerprint density at radius 1 is 1.53 bits per heavy atom. The van der Waals surface area contributed by atoms with Crippen LogP contribution in [0.2, 0.25) is 6.32 Å². The Kier molecular flexibility index (Phi) is 6.57. The number of hydrogen-bond donors (Lipinski definition) is 0. The molecular formula is C12H23BNO. The molecule has 0 unspecified atom stereocenters. The lowest BCUT2D eigenvalue weighted by Crippen LogP contribution is -2.33. The molecule has 0 fully saturated rings. The summed E-state index contributed by atoms with van der Waals surface area (Å²) < 4.78 is 5.25. The van der Waals surface area contributed by atoms with Gasteiger partial charge in [-0.15, -0.1) is 0 Å². The van der Waals surface area contributed by atoms with E-state index in [1.807, 2.05) is 6.26 Å². The van der Waals surface area contributed by atoms with Crippen LogP contribution in [-0.2, 0) is 4.74 Å². The van der Waals surface area contributed by atoms with Gasteiger partial charge in [0.15, 0.2) is 0 Å². The van der Waals surface area contributed by atoms with E-state index in [1.165, 1.54) is 25.8 Å². The minimum atomic E-state index is 0.801. The molecule has 0 aliphatic carbocycles. The fourth-order valence-corrected chi connectivity index (χ4v) is 1.89. The predicted molar refractivity (Wildman–Crippen MR) is 65.9 cm³/mol. The maximum atomic E-state index is 5.25. The molecular weight excluding hydrogens is 185 g/mol. The van der Waals surface area contributed by atoms with E-state index < -0.39 is 0 Å². The van der Waals surface area contributed by atoms with E-state index in [0.29, 0.717) is 0 Å². The summed E-state index contributed by atoms with van der Waals surface area (Å²) in [5.41, 5.74) is 0. The topological polar surface area (TPSA) is 12.5 Å². The van der Waals surface area contributed by atoms with E-state index in [-0.39, 0.29) is 0 Å². The second-order valence-electron chi connectivity index (χ2n) is 4.42. The smallest absolute Gasteiger partial charge is 0.212 e. The molecule has 0 saturated carbocycles. The molecule has 0 N–H and O–H groups in total. The van der Waals surface area contributed by atoms with Gasteiger partial charge in [-0.25, -0.2) is 0 Å². The van der Waals surface area contributed by atoms with Gasteiger partial charge in [0.2, 0.25) is 7.41 Å². The van der Waals surface area contributed by atoms with Crippen molar-refractivity contribution in [2.75, 3.05) is 19.7 Å². The molecule has 0 amide bonds. The maximum Gasteiger partial charge on any atom is 0.212 e. The van der Waals surface area contributed by atoms with Crippen LogP contribution in [0.15, 0.2) is 12.3 Å². The monoisotopic (exact) mass is 208 g/mol. The lowest BCUT2D eigenvalue weighted by molar-refractivity contribution is 0.257. The van der Waals surface area contributed by atoms with Gasteiger partial charge >= 0.3 is 0 Å². The summed E-state index contributed by atoms with van der Waals surface area (Å²) in [6, 6.07) is 0. The van der Waals surface area contributed by atoms with Gasteiger partial charge in [0, 0.05) is 6.54 Å². The first-order valence-corrected chi connectivity index (χ1v) is 6.17. The minimum Gasteiger partial charge on any atom is -0.502 e. The molecule has 0 aromatic heterocycles. The molecule has 2 nitrogen and oxygen atoms in total. The zero-order chi connectivity index (χ0) is 10.9. The molecule has 0 saturated heterocycles. The first-order valence-electron chi connectivity index (χ1n) is 6.17. The highest BCUT2D eigenvalue weighted by Crippen LogP contribution is 2.10. The average molecular weight is 208 g/mol. The second kappa shape index (κ2) is 7.80. The Hall–Kier alpha value is -0.435. The fraction of sp³-hybridized carbons (Fsp3) is 0.833. The third kappa shape index (κ3) is 5.88. The van der Waals surface area contributed by atoms with E-state index in [4.69, 9.17) is 4.74 Å². The summed E-state index contributed by atoms with van der Waals surface area (Å²) in [6.07, 6.45) is 8.97. The van der Waals surface area contributed by atoms with Crippen molar-refractivity contribution < 1.29 is 4.74 Å². The Morgan fingerprint density at radius 2 is 2.40 bits per heavy atom. The first-order chi connectivity index (χ1) is 7.33. The van der Waals surface area contributed by atoms with Gasteiger partial charge < -0.3 is 9.55 Å². The normalized spacial score (nSPS) is 22.0. The number of rotatable bonds is 5. The summed E-state index contributed by atoms with van der Waals surface area (Å²) in [6.45, 7) is 7.61. The summed E-state index contributed by atoms with van der Waals surface area (Å²) >= 11 is 0. The summed E-state index contributed by atoms with van der Waals surface area (Å²) in [4.78, 5) is 2.42. The van der Waals surface area contributed by atoms with E-state index in [0.717, 1.165) is 25.4 Å². The highest BCUT2D eigenvalue weighted by molar-refractivity contribution is 6.32. The molecule has 0 aromatic carbocycles. The zero-order valence-corrected chi connectivity index (χ0v) is 10.1. The van der Waals surface area contributed by atoms with Crippen molar-refractivity contribution in [2.24, 2.45) is 5.92 Å². The van der Waals surface area contributed by atoms with E-state index >= 15 is 0 Å². The van der Waals surface area contributed by atoms with Crippen LogP contribution in [0, 0.1) is 5.92 Å². The van der Waals surface area contributed by atoms with Crippen molar-refractivity contribution in [3.05, 3.63) is 12.3 Å². The number of hydrogen-bond acceptors (Lipinski definition) is 2. The lowest BCUT2D eigenvalue weighted by Gasteiger charge is -2.25. The Balaban J connectivity index is 2.22. The second-order valence-corrected chi connectivity index (χ2v) is 4.42. The molecule has 3 heteroatoms. The molecule has 1 rings (SSSR count). The van der Waals surface area contributed by atoms with Crippen LogP contribution in [0.3, 0.4) is 0 Å². The van der Waals surface area contributed by atoms with Gasteiger partial charge in [0.1, 0.15) is 0 Å². The summed E-state index contributed by atoms with van der Waals surface area (Å²) in [5.74, 6) is 0.801. The lowest BCUT2D eigenvalue weighted by atomic mass is 9.84. The highest BCUT2D eigenvalue weighted by atomic mass is 16.5. The summed E-state index contributed by atoms with van der Waals surface area (Å²) in [7, 11) is 2.28. The van der Waals surface area contributed by atoms with Gasteiger partial charge in [-0.2, -0.15) is 0 Å². The molecule has 1 radical (unpaired) electrons. The SMILES string of the molecule is CCCC[C@@H](C)CN1[B]CCO/C=C\C1. The molecule has 0 aromatic rings. The third-order valence-electron chi connectivity index (χ3n) is 2.75. The molecule has 15 heavy (non-hydrogen) atoms. The number of ether oxygens (including phenoxy) is 1. The minimum absolute atomic E-state index is 0.801. The van der Waals surface area contributed by atoms with Crippen LogP contribution in [0.4, 0.5) is 0 Å². The van der Waals surface area contributed by atoms with Crippen LogP contribution in [0.5, 0.6) is 0 Å². The van der Waals surface area contributed by atoms with E-state index in [1.54, 1.807) is 0 Å². The van der Waals surface area contributed by atoms with Gasteiger partial charge in [0.05, 0.1) is 12.9 Å². The van der Waals surface area contributed by atoms with Crippen molar-refractivity contribution in [1.29, 1.82) is 0 Å². The van der Waals surface area contributed by atoms with E-state index in [9.17, 15) is 0 Å². The van der Waals surface area contributed by atoms with Crippen LogP contribution in [0.25, 0.3) is 0 Å². The van der Waals surface area contributed by atoms with Crippen molar-refractivity contribution in [3.8, 4) is 0 Å². The quantitative estimate of drug-likeness (QED) is 0.644.